The summed E-state index contributed by atoms with van der Waals surface area (Å²) < 4.78 is 34.6. The van der Waals surface area contributed by atoms with E-state index >= 15 is 0 Å². The first-order chi connectivity index (χ1) is 56.1. The lowest BCUT2D eigenvalue weighted by Crippen LogP contribution is -2.46. The van der Waals surface area contributed by atoms with E-state index in [1.54, 1.807) is 125 Å². The van der Waals surface area contributed by atoms with Gasteiger partial charge in [0.15, 0.2) is 0 Å². The number of carbonyl (C=O) groups is 12. The van der Waals surface area contributed by atoms with Gasteiger partial charge in [0.05, 0.1) is 0 Å². The van der Waals surface area contributed by atoms with E-state index in [0.29, 0.717) is 38.5 Å². The number of ether oxygens (including phenoxy) is 6. The molecule has 6 aliphatic carbocycles. The molecule has 2 aromatic rings. The van der Waals surface area contributed by atoms with Gasteiger partial charge in [0, 0.05) is 33.4 Å². The van der Waals surface area contributed by atoms with Crippen LogP contribution in [-0.2, 0) is 57.2 Å². The minimum atomic E-state index is -0.964. The lowest BCUT2D eigenvalue weighted by molar-refractivity contribution is -0.158. The van der Waals surface area contributed by atoms with Crippen LogP contribution in [0, 0.1) is 35.5 Å². The van der Waals surface area contributed by atoms with Crippen LogP contribution >= 0.6 is 0 Å². The summed E-state index contributed by atoms with van der Waals surface area (Å²) in [5.74, 6) is -6.00. The second-order valence-electron chi connectivity index (χ2n) is 41.4. The van der Waals surface area contributed by atoms with E-state index in [0.717, 1.165) is 193 Å². The maximum atomic E-state index is 14.3. The van der Waals surface area contributed by atoms with E-state index in [1.807, 2.05) is 0 Å². The van der Waals surface area contributed by atoms with Crippen LogP contribution in [0.15, 0.2) is 36.4 Å². The molecule has 6 atom stereocenters. The van der Waals surface area contributed by atoms with Crippen LogP contribution in [0.2, 0.25) is 0 Å². The molecule has 120 heavy (non-hydrogen) atoms. The van der Waals surface area contributed by atoms with Crippen molar-refractivity contribution in [2.24, 2.45) is 35.5 Å². The molecule has 0 aliphatic heterocycles. The van der Waals surface area contributed by atoms with Crippen LogP contribution in [0.5, 0.6) is 0 Å². The van der Waals surface area contributed by atoms with E-state index in [1.165, 1.54) is 36.4 Å². The molecule has 672 valence electrons. The Kier molecular flexibility index (Phi) is 37.6. The lowest BCUT2D eigenvalue weighted by atomic mass is 9.84. The highest BCUT2D eigenvalue weighted by atomic mass is 16.6. The molecule has 6 fully saturated rings. The molecule has 24 heteroatoms. The Labute approximate surface area is 716 Å². The number of hydrogen-bond acceptors (Lipinski definition) is 18. The van der Waals surface area contributed by atoms with Crippen molar-refractivity contribution in [2.75, 3.05) is 0 Å². The molecule has 6 saturated carbocycles. The smallest absolute Gasteiger partial charge is 0.329 e. The fraction of sp³-hybridized carbons (Fsp3) is 0.750. The molecule has 0 unspecified atom stereocenters. The van der Waals surface area contributed by atoms with Crippen LogP contribution in [-0.4, -0.2) is 141 Å². The van der Waals surface area contributed by atoms with Gasteiger partial charge in [-0.15, -0.1) is 0 Å². The first-order valence-electron chi connectivity index (χ1n) is 45.6. The normalized spacial score (nSPS) is 18.9. The van der Waals surface area contributed by atoms with Crippen molar-refractivity contribution in [1.82, 2.24) is 31.9 Å². The largest absolute Gasteiger partial charge is 0.458 e. The van der Waals surface area contributed by atoms with Crippen LogP contribution in [0.3, 0.4) is 0 Å². The highest BCUT2D eigenvalue weighted by Crippen LogP contribution is 2.36. The zero-order chi connectivity index (χ0) is 88.5. The summed E-state index contributed by atoms with van der Waals surface area (Å²) in [7, 11) is 0. The monoisotopic (exact) mass is 1680 g/mol. The molecule has 0 saturated heterocycles. The lowest BCUT2D eigenvalue weighted by Gasteiger charge is -2.29. The second kappa shape index (κ2) is 45.5. The number of rotatable bonds is 30. The second-order valence-corrected chi connectivity index (χ2v) is 41.4. The minimum absolute atomic E-state index is 0.0350. The van der Waals surface area contributed by atoms with E-state index in [-0.39, 0.29) is 68.9 Å². The van der Waals surface area contributed by atoms with Crippen molar-refractivity contribution in [3.8, 4) is 0 Å². The van der Waals surface area contributed by atoms with Crippen molar-refractivity contribution in [1.29, 1.82) is 0 Å². The molecule has 0 radical (unpaired) electrons. The van der Waals surface area contributed by atoms with Gasteiger partial charge in [0.25, 0.3) is 35.4 Å². The first kappa shape index (κ1) is 99.2. The van der Waals surface area contributed by atoms with Crippen molar-refractivity contribution >= 4 is 71.3 Å². The SMILES string of the molecule is CC(C)(C)OC(=O)[C@H](CC1CCCCC1)NC(=O)c1cc(C(=O)N[C@@H](CC2CCCCC2)C(=O)OC(C)(C)C)cc(C(=O)N[C@@H](CC2CCCCC2)C(=O)OC(C)(C)C)c1.CC(C)(C)OC(=O)[C@H](CC1CCCCC1)NC(=O)c1cc(C(=O)N[C@@H](CC2CCCCC2)C(=O)OC(C)(C)C)cc(C(=O)N[C@@H](CC2CCCCC2)C(=O)OC(C)(C)C)c1. The number of carbonyl (C=O) groups excluding carboxylic acids is 12. The molecule has 6 amide bonds. The molecule has 0 spiro atoms. The molecule has 8 rings (SSSR count). The van der Waals surface area contributed by atoms with Crippen molar-refractivity contribution in [3.05, 3.63) is 69.8 Å². The van der Waals surface area contributed by atoms with Crippen LogP contribution in [0.25, 0.3) is 0 Å². The average molecular weight is 1680 g/mol. The summed E-state index contributed by atoms with van der Waals surface area (Å²) in [6.45, 7) is 31.9. The minimum Gasteiger partial charge on any atom is -0.458 e. The zero-order valence-corrected chi connectivity index (χ0v) is 76.2. The summed E-state index contributed by atoms with van der Waals surface area (Å²) in [6, 6.07) is 2.43. The number of esters is 6. The Balaban J connectivity index is 0.000000331. The van der Waals surface area contributed by atoms with Gasteiger partial charge in [0.1, 0.15) is 69.9 Å². The van der Waals surface area contributed by atoms with E-state index in [9.17, 15) is 57.5 Å². The predicted molar refractivity (Wildman–Crippen MR) is 463 cm³/mol. The van der Waals surface area contributed by atoms with Crippen LogP contribution in [0.4, 0.5) is 0 Å². The zero-order valence-electron chi connectivity index (χ0n) is 76.2. The van der Waals surface area contributed by atoms with Gasteiger partial charge in [-0.3, -0.25) is 28.8 Å². The van der Waals surface area contributed by atoms with Gasteiger partial charge < -0.3 is 60.3 Å². The van der Waals surface area contributed by atoms with Gasteiger partial charge >= 0.3 is 35.8 Å². The van der Waals surface area contributed by atoms with Gasteiger partial charge in [-0.2, -0.15) is 0 Å². The van der Waals surface area contributed by atoms with E-state index in [4.69, 9.17) is 28.4 Å². The predicted octanol–water partition coefficient (Wildman–Crippen LogP) is 17.8. The molecule has 24 nitrogen and oxygen atoms in total. The summed E-state index contributed by atoms with van der Waals surface area (Å²) in [4.78, 5) is 167. The number of nitrogens with one attached hydrogen (secondary N) is 6. The maximum Gasteiger partial charge on any atom is 0.329 e. The Morgan fingerprint density at radius 3 is 0.425 bits per heavy atom. The summed E-state index contributed by atoms with van der Waals surface area (Å²) in [5, 5.41) is 17.3. The molecule has 0 aromatic heterocycles. The highest BCUT2D eigenvalue weighted by Gasteiger charge is 2.39. The number of amides is 6. The Hall–Kier alpha value is -7.92. The number of hydrogen-bond donors (Lipinski definition) is 6. The molecule has 6 N–H and O–H groups in total. The Morgan fingerprint density at radius 1 is 0.217 bits per heavy atom. The summed E-state index contributed by atoms with van der Waals surface area (Å²) >= 11 is 0. The number of benzene rings is 2. The summed E-state index contributed by atoms with van der Waals surface area (Å²) in [5.41, 5.74) is -4.96. The molecule has 2 aromatic carbocycles. The van der Waals surface area contributed by atoms with Crippen molar-refractivity contribution < 1.29 is 86.0 Å². The van der Waals surface area contributed by atoms with Crippen LogP contribution < -0.4 is 31.9 Å². The third kappa shape index (κ3) is 36.3. The van der Waals surface area contributed by atoms with Gasteiger partial charge in [-0.25, -0.2) is 28.8 Å². The van der Waals surface area contributed by atoms with Crippen LogP contribution in [0.1, 0.15) is 418 Å². The average Bonchev–Trinajstić information content (AvgIpc) is 0.810. The van der Waals surface area contributed by atoms with Crippen molar-refractivity contribution in [3.63, 3.8) is 0 Å². The first-order valence-corrected chi connectivity index (χ1v) is 45.6. The molecule has 6 aliphatic rings. The fourth-order valence-corrected chi connectivity index (χ4v) is 17.6. The molecular formula is C96H150N6O18. The molecular weight excluding hydrogens is 1530 g/mol. The Morgan fingerprint density at radius 2 is 0.325 bits per heavy atom. The van der Waals surface area contributed by atoms with E-state index < -0.39 is 141 Å². The highest BCUT2D eigenvalue weighted by molar-refractivity contribution is 6.08. The molecule has 0 bridgehead atoms. The third-order valence-corrected chi connectivity index (χ3v) is 23.2. The van der Waals surface area contributed by atoms with Crippen molar-refractivity contribution in [2.45, 2.75) is 426 Å². The standard InChI is InChI=1S/2C48H75N3O9/c2*1-46(2,3)58-43(55)37(25-31-19-13-10-14-20-31)49-40(52)34-28-35(41(53)50-38(44(56)59-47(4,5)6)26-32-21-15-11-16-22-32)30-36(29-34)42(54)51-39(45(57)60-48(7,8)9)27-33-23-17-12-18-24-33/h2*28-33,37-39H,10-27H2,1-9H3,(H,49,52)(H,50,53)(H,51,54)/t2*37-,38-,39-/m00/s1. The Bertz CT molecular complexity index is 3110. The quantitative estimate of drug-likeness (QED) is 0.0313. The van der Waals surface area contributed by atoms with Gasteiger partial charge in [0.2, 0.25) is 0 Å². The summed E-state index contributed by atoms with van der Waals surface area (Å²) in [6.07, 6.45) is 33.0. The van der Waals surface area contributed by atoms with Gasteiger partial charge in [-0.05, 0) is 235 Å². The fourth-order valence-electron chi connectivity index (χ4n) is 17.6. The molecule has 0 heterocycles. The maximum absolute atomic E-state index is 14.3. The topological polar surface area (TPSA) is 332 Å². The third-order valence-electron chi connectivity index (χ3n) is 23.2. The van der Waals surface area contributed by atoms with Gasteiger partial charge in [-0.1, -0.05) is 193 Å². The van der Waals surface area contributed by atoms with E-state index in [2.05, 4.69) is 31.9 Å².